The maximum Gasteiger partial charge on any atom is 0.169 e. The number of H-pyrrole nitrogens is 3. The van der Waals surface area contributed by atoms with Crippen molar-refractivity contribution in [3.05, 3.63) is 121 Å². The fourth-order valence-corrected chi connectivity index (χ4v) is 6.07. The molecule has 0 spiro atoms. The van der Waals surface area contributed by atoms with Gasteiger partial charge in [-0.05, 0) is 65.2 Å². The second kappa shape index (κ2) is 14.2. The summed E-state index contributed by atoms with van der Waals surface area (Å²) in [6.07, 6.45) is 16.7. The number of halogens is 3. The van der Waals surface area contributed by atoms with Gasteiger partial charge in [-0.1, -0.05) is 0 Å². The van der Waals surface area contributed by atoms with Crippen molar-refractivity contribution in [1.82, 2.24) is 19.9 Å². The molecule has 0 amide bonds. The molecule has 7 aromatic rings. The molecule has 0 aliphatic carbocycles. The minimum atomic E-state index is 0. The predicted molar refractivity (Wildman–Crippen MR) is 175 cm³/mol. The second-order valence-electron chi connectivity index (χ2n) is 11.5. The number of rotatable bonds is 3. The fourth-order valence-electron chi connectivity index (χ4n) is 6.07. The van der Waals surface area contributed by atoms with Gasteiger partial charge in [-0.25, -0.2) is 18.7 Å². The molecule has 0 fully saturated rings. The zero-order valence-electron chi connectivity index (χ0n) is 26.0. The molecule has 0 aromatic carbocycles. The second-order valence-corrected chi connectivity index (χ2v) is 11.5. The Morgan fingerprint density at radius 1 is 0.383 bits per heavy atom. The molecule has 236 valence electrons. The Labute approximate surface area is 323 Å². The van der Waals surface area contributed by atoms with Crippen LogP contribution in [0.25, 0.3) is 78.6 Å². The van der Waals surface area contributed by atoms with Gasteiger partial charge in [0.25, 0.3) is 0 Å². The molecule has 8 rings (SSSR count). The number of nitrogens with one attached hydrogen (secondary N) is 3. The van der Waals surface area contributed by atoms with Crippen molar-refractivity contribution in [2.24, 2.45) is 21.1 Å². The van der Waals surface area contributed by atoms with Crippen LogP contribution >= 0.6 is 0 Å². The first-order chi connectivity index (χ1) is 21.5. The van der Waals surface area contributed by atoms with Crippen molar-refractivity contribution in [2.75, 3.05) is 0 Å². The molecule has 8 bridgehead atoms. The number of fused-ring (bicyclic) bond motifs is 9. The SMILES string of the molecule is C[n+]1ccc(-c2c3nc(c(-c4cc[n+](C)cc4)c4ccc([nH]4)c4ccc([nH]4)c(-c4cc[n+](C)cc4)c4ccc2[nH]4)C=C3)cc1.[I-].[I-].[I-]. The Hall–Kier alpha value is -3.63. The lowest BCUT2D eigenvalue weighted by atomic mass is 10.0. The Morgan fingerprint density at radius 2 is 0.660 bits per heavy atom. The number of nitrogens with zero attached hydrogens (tertiary/aromatic N) is 4. The molecule has 0 saturated heterocycles. The molecule has 0 unspecified atom stereocenters. The van der Waals surface area contributed by atoms with Crippen LogP contribution in [0.2, 0.25) is 0 Å². The van der Waals surface area contributed by atoms with Crippen LogP contribution in [-0.2, 0) is 21.1 Å². The highest BCUT2D eigenvalue weighted by Gasteiger charge is 2.17. The van der Waals surface area contributed by atoms with Crippen molar-refractivity contribution in [1.29, 1.82) is 0 Å². The van der Waals surface area contributed by atoms with Crippen molar-refractivity contribution >= 4 is 45.3 Å². The minimum absolute atomic E-state index is 0. The lowest BCUT2D eigenvalue weighted by Crippen LogP contribution is -3.00. The average Bonchev–Trinajstić information content (AvgIpc) is 3.85. The summed E-state index contributed by atoms with van der Waals surface area (Å²) in [6.45, 7) is 0. The molecule has 8 heterocycles. The van der Waals surface area contributed by atoms with Crippen molar-refractivity contribution in [3.63, 3.8) is 0 Å². The number of pyridine rings is 3. The van der Waals surface area contributed by atoms with Gasteiger partial charge in [0.05, 0.1) is 22.4 Å². The highest BCUT2D eigenvalue weighted by molar-refractivity contribution is 5.99. The molecule has 7 aromatic heterocycles. The first-order valence-electron chi connectivity index (χ1n) is 14.7. The molecule has 47 heavy (non-hydrogen) atoms. The maximum absolute atomic E-state index is 5.30. The Morgan fingerprint density at radius 3 is 1.02 bits per heavy atom. The quantitative estimate of drug-likeness (QED) is 0.130. The molecule has 0 saturated carbocycles. The molecule has 10 heteroatoms. The molecule has 1 aliphatic heterocycles. The third kappa shape index (κ3) is 6.59. The van der Waals surface area contributed by atoms with Gasteiger partial charge in [0.1, 0.15) is 21.1 Å². The summed E-state index contributed by atoms with van der Waals surface area (Å²) >= 11 is 0. The van der Waals surface area contributed by atoms with Gasteiger partial charge in [0.2, 0.25) is 0 Å². The summed E-state index contributed by atoms with van der Waals surface area (Å²) in [7, 11) is 6.11. The van der Waals surface area contributed by atoms with E-state index in [2.05, 4.69) is 146 Å². The lowest BCUT2D eigenvalue weighted by Gasteiger charge is -2.04. The van der Waals surface area contributed by atoms with Gasteiger partial charge in [0.15, 0.2) is 37.2 Å². The van der Waals surface area contributed by atoms with Crippen LogP contribution < -0.4 is 85.6 Å². The molecule has 0 atom stereocenters. The van der Waals surface area contributed by atoms with Gasteiger partial charge in [-0.2, -0.15) is 0 Å². The molecule has 0 radical (unpaired) electrons. The lowest BCUT2D eigenvalue weighted by molar-refractivity contribution is -0.671. The standard InChI is InChI=1S/C37H30N7.3HI/c1-42-18-12-24(13-19-42)35-29-6-4-27(38-29)28-5-7-30(39-28)36(25-14-20-43(2)21-15-25)32-9-11-34(41-32)37(33-10-8-31(35)40-33)26-16-22-44(3)23-17-26;;;/h4-23H,1-3H3,(H,40,41);3*1H/q+1;;;/p-1. The van der Waals surface area contributed by atoms with Crippen LogP contribution in [0, 0.1) is 0 Å². The first kappa shape index (κ1) is 34.7. The van der Waals surface area contributed by atoms with Crippen LogP contribution in [0.15, 0.2) is 110 Å². The van der Waals surface area contributed by atoms with E-state index in [-0.39, 0.29) is 71.9 Å². The Kier molecular flexibility index (Phi) is 10.5. The van der Waals surface area contributed by atoms with Crippen molar-refractivity contribution in [3.8, 4) is 33.4 Å². The van der Waals surface area contributed by atoms with E-state index in [0.717, 1.165) is 77.9 Å². The van der Waals surface area contributed by atoms with Crippen molar-refractivity contribution in [2.45, 2.75) is 0 Å². The summed E-state index contributed by atoms with van der Waals surface area (Å²) in [4.78, 5) is 16.5. The van der Waals surface area contributed by atoms with E-state index in [4.69, 9.17) is 4.98 Å². The topological polar surface area (TPSA) is 71.9 Å². The van der Waals surface area contributed by atoms with Crippen LogP contribution in [0.1, 0.15) is 11.4 Å². The van der Waals surface area contributed by atoms with Crippen LogP contribution in [0.4, 0.5) is 0 Å². The number of aryl methyl sites for hydroxylation is 3. The highest BCUT2D eigenvalue weighted by atomic mass is 127. The molecular formula is C37H32I3N7. The fraction of sp³-hybridized carbons (Fsp3) is 0.0811. The maximum atomic E-state index is 5.30. The highest BCUT2D eigenvalue weighted by Crippen LogP contribution is 2.35. The molecule has 7 nitrogen and oxygen atoms in total. The van der Waals surface area contributed by atoms with Crippen LogP contribution in [0.5, 0.6) is 0 Å². The summed E-state index contributed by atoms with van der Waals surface area (Å²) in [6, 6.07) is 25.8. The minimum Gasteiger partial charge on any atom is -1.00 e. The average molecular weight is 955 g/mol. The number of aromatic nitrogens is 7. The van der Waals surface area contributed by atoms with Gasteiger partial charge < -0.3 is 86.9 Å². The van der Waals surface area contributed by atoms with E-state index in [1.807, 2.05) is 25.7 Å². The molecular weight excluding hydrogens is 923 g/mol. The largest absolute Gasteiger partial charge is 1.00 e. The van der Waals surface area contributed by atoms with Crippen LogP contribution in [-0.4, -0.2) is 19.9 Å². The van der Waals surface area contributed by atoms with E-state index in [0.29, 0.717) is 0 Å². The van der Waals surface area contributed by atoms with E-state index in [9.17, 15) is 0 Å². The number of aromatic amines is 3. The zero-order valence-corrected chi connectivity index (χ0v) is 32.4. The van der Waals surface area contributed by atoms with Crippen LogP contribution in [0.3, 0.4) is 0 Å². The predicted octanol–water partition coefficient (Wildman–Crippen LogP) is -2.82. The number of hydrogen-bond acceptors (Lipinski definition) is 1. The van der Waals surface area contributed by atoms with E-state index >= 15 is 0 Å². The van der Waals surface area contributed by atoms with Crippen molar-refractivity contribution < 1.29 is 85.6 Å². The third-order valence-electron chi connectivity index (χ3n) is 8.38. The Bertz CT molecular complexity index is 2350. The number of hydrogen-bond donors (Lipinski definition) is 3. The monoisotopic (exact) mass is 955 g/mol. The van der Waals surface area contributed by atoms with Gasteiger partial charge in [-0.3, -0.25) is 0 Å². The first-order valence-corrected chi connectivity index (χ1v) is 14.7. The summed E-state index contributed by atoms with van der Waals surface area (Å²) < 4.78 is 6.15. The zero-order chi connectivity index (χ0) is 29.8. The Balaban J connectivity index is 0.00000144. The molecule has 3 N–H and O–H groups in total. The third-order valence-corrected chi connectivity index (χ3v) is 8.38. The van der Waals surface area contributed by atoms with E-state index in [1.54, 1.807) is 0 Å². The summed E-state index contributed by atoms with van der Waals surface area (Å²) in [5, 5.41) is 0. The molecule has 1 aliphatic rings. The summed E-state index contributed by atoms with van der Waals surface area (Å²) in [5.41, 5.74) is 14.5. The van der Waals surface area contributed by atoms with E-state index in [1.165, 1.54) is 0 Å². The normalized spacial score (nSPS) is 11.1. The summed E-state index contributed by atoms with van der Waals surface area (Å²) in [5.74, 6) is 0. The van der Waals surface area contributed by atoms with Gasteiger partial charge >= 0.3 is 0 Å². The van der Waals surface area contributed by atoms with Gasteiger partial charge in [0, 0.05) is 75.2 Å². The smallest absolute Gasteiger partial charge is 0.169 e. The van der Waals surface area contributed by atoms with E-state index < -0.39 is 0 Å². The van der Waals surface area contributed by atoms with Gasteiger partial charge in [-0.15, -0.1) is 0 Å².